The van der Waals surface area contributed by atoms with Crippen LogP contribution in [0, 0.1) is 0 Å². The average molecular weight is 223 g/mol. The maximum atomic E-state index is 11.8. The highest BCUT2D eigenvalue weighted by Crippen LogP contribution is 2.09. The third-order valence-electron chi connectivity index (χ3n) is 2.84. The molecule has 1 atom stereocenters. The number of carbonyl (C=O) groups excluding carboxylic acids is 1. The largest absolute Gasteiger partial charge is 0.341 e. The zero-order valence-corrected chi connectivity index (χ0v) is 9.25. The Bertz CT molecular complexity index is 337. The van der Waals surface area contributed by atoms with Gasteiger partial charge in [-0.3, -0.25) is 9.48 Å². The van der Waals surface area contributed by atoms with Gasteiger partial charge in [-0.05, 0) is 12.8 Å². The van der Waals surface area contributed by atoms with Crippen molar-refractivity contribution in [2.24, 2.45) is 5.73 Å². The molecule has 1 saturated heterocycles. The molecule has 2 N–H and O–H groups in total. The molecular weight excluding hydrogens is 206 g/mol. The molecule has 0 radical (unpaired) electrons. The summed E-state index contributed by atoms with van der Waals surface area (Å²) in [4.78, 5) is 13.7. The van der Waals surface area contributed by atoms with Crippen molar-refractivity contribution >= 4 is 5.91 Å². The van der Waals surface area contributed by atoms with Crippen molar-refractivity contribution in [2.45, 2.75) is 31.8 Å². The van der Waals surface area contributed by atoms with Crippen molar-refractivity contribution in [1.29, 1.82) is 0 Å². The van der Waals surface area contributed by atoms with Crippen LogP contribution in [-0.4, -0.2) is 44.9 Å². The smallest absolute Gasteiger partial charge is 0.224 e. The second kappa shape index (κ2) is 5.07. The van der Waals surface area contributed by atoms with E-state index in [0.29, 0.717) is 19.5 Å². The van der Waals surface area contributed by atoms with Crippen molar-refractivity contribution in [3.63, 3.8) is 0 Å². The van der Waals surface area contributed by atoms with Gasteiger partial charge in [-0.25, -0.2) is 0 Å². The van der Waals surface area contributed by atoms with E-state index in [1.54, 1.807) is 17.1 Å². The molecule has 0 spiro atoms. The Labute approximate surface area is 94.4 Å². The summed E-state index contributed by atoms with van der Waals surface area (Å²) in [5.41, 5.74) is 5.83. The van der Waals surface area contributed by atoms with Crippen LogP contribution in [0.15, 0.2) is 12.4 Å². The van der Waals surface area contributed by atoms with E-state index in [1.165, 1.54) is 0 Å². The van der Waals surface area contributed by atoms with Gasteiger partial charge >= 0.3 is 0 Å². The molecule has 16 heavy (non-hydrogen) atoms. The lowest BCUT2D eigenvalue weighted by molar-refractivity contribution is -0.132. The highest BCUT2D eigenvalue weighted by molar-refractivity contribution is 5.76. The third-order valence-corrected chi connectivity index (χ3v) is 2.84. The van der Waals surface area contributed by atoms with Gasteiger partial charge in [0, 0.05) is 31.7 Å². The monoisotopic (exact) mass is 223 g/mol. The van der Waals surface area contributed by atoms with Crippen molar-refractivity contribution in [3.8, 4) is 0 Å². The minimum Gasteiger partial charge on any atom is -0.341 e. The number of nitrogens with two attached hydrogens (primary N) is 1. The van der Waals surface area contributed by atoms with Gasteiger partial charge < -0.3 is 10.6 Å². The minimum absolute atomic E-state index is 0.143. The van der Waals surface area contributed by atoms with E-state index >= 15 is 0 Å². The second-order valence-corrected chi connectivity index (χ2v) is 4.16. The molecule has 2 rings (SSSR count). The first-order chi connectivity index (χ1) is 7.75. The van der Waals surface area contributed by atoms with Gasteiger partial charge in [-0.15, -0.1) is 5.10 Å². The van der Waals surface area contributed by atoms with E-state index in [0.717, 1.165) is 19.4 Å². The lowest BCUT2D eigenvalue weighted by atomic mass is 10.1. The summed E-state index contributed by atoms with van der Waals surface area (Å²) >= 11 is 0. The molecule has 1 aliphatic heterocycles. The highest BCUT2D eigenvalue weighted by atomic mass is 16.2. The zero-order valence-electron chi connectivity index (χ0n) is 9.25. The van der Waals surface area contributed by atoms with Crippen LogP contribution in [0.25, 0.3) is 0 Å². The fourth-order valence-electron chi connectivity index (χ4n) is 1.96. The fraction of sp³-hybridized carbons (Fsp3) is 0.700. The van der Waals surface area contributed by atoms with Gasteiger partial charge in [0.25, 0.3) is 0 Å². The Kier molecular flexibility index (Phi) is 3.51. The van der Waals surface area contributed by atoms with Crippen molar-refractivity contribution in [2.75, 3.05) is 13.1 Å². The summed E-state index contributed by atoms with van der Waals surface area (Å²) < 4.78 is 1.67. The van der Waals surface area contributed by atoms with Crippen LogP contribution < -0.4 is 5.73 Å². The van der Waals surface area contributed by atoms with Crippen molar-refractivity contribution < 1.29 is 4.79 Å². The number of amides is 1. The quantitative estimate of drug-likeness (QED) is 0.757. The predicted octanol–water partition coefficient (Wildman–Crippen LogP) is -0.382. The molecule has 0 saturated carbocycles. The SMILES string of the molecule is N[C@@H]1CCCN(C(=O)CCn2ccnn2)C1. The van der Waals surface area contributed by atoms with E-state index in [2.05, 4.69) is 10.3 Å². The number of carbonyl (C=O) groups is 1. The van der Waals surface area contributed by atoms with Crippen LogP contribution in [0.2, 0.25) is 0 Å². The van der Waals surface area contributed by atoms with E-state index in [1.807, 2.05) is 4.90 Å². The van der Waals surface area contributed by atoms with Crippen LogP contribution in [0.5, 0.6) is 0 Å². The molecule has 1 fully saturated rings. The van der Waals surface area contributed by atoms with Crippen molar-refractivity contribution in [3.05, 3.63) is 12.4 Å². The Morgan fingerprint density at radius 2 is 2.44 bits per heavy atom. The Morgan fingerprint density at radius 3 is 3.12 bits per heavy atom. The third kappa shape index (κ3) is 2.79. The summed E-state index contributed by atoms with van der Waals surface area (Å²) in [6, 6.07) is 0.143. The highest BCUT2D eigenvalue weighted by Gasteiger charge is 2.20. The second-order valence-electron chi connectivity index (χ2n) is 4.16. The minimum atomic E-state index is 0.143. The maximum absolute atomic E-state index is 11.8. The normalized spacial score (nSPS) is 21.1. The van der Waals surface area contributed by atoms with Gasteiger partial charge in [0.1, 0.15) is 0 Å². The van der Waals surface area contributed by atoms with Crippen LogP contribution in [-0.2, 0) is 11.3 Å². The molecule has 1 aromatic heterocycles. The lowest BCUT2D eigenvalue weighted by Crippen LogP contribution is -2.45. The van der Waals surface area contributed by atoms with Gasteiger partial charge in [-0.1, -0.05) is 5.21 Å². The number of hydrogen-bond donors (Lipinski definition) is 1. The van der Waals surface area contributed by atoms with Crippen molar-refractivity contribution in [1.82, 2.24) is 19.9 Å². The van der Waals surface area contributed by atoms with Crippen LogP contribution in [0.1, 0.15) is 19.3 Å². The molecule has 1 amide bonds. The van der Waals surface area contributed by atoms with Gasteiger partial charge in [0.15, 0.2) is 0 Å². The molecule has 1 aliphatic rings. The summed E-state index contributed by atoms with van der Waals surface area (Å²) in [5.74, 6) is 0.158. The van der Waals surface area contributed by atoms with Crippen LogP contribution in [0.3, 0.4) is 0 Å². The fourth-order valence-corrected chi connectivity index (χ4v) is 1.96. The molecule has 0 aliphatic carbocycles. The maximum Gasteiger partial charge on any atom is 0.224 e. The van der Waals surface area contributed by atoms with Crippen LogP contribution >= 0.6 is 0 Å². The molecule has 88 valence electrons. The van der Waals surface area contributed by atoms with Gasteiger partial charge in [0.2, 0.25) is 5.91 Å². The summed E-state index contributed by atoms with van der Waals surface area (Å²) in [6.07, 6.45) is 5.87. The zero-order chi connectivity index (χ0) is 11.4. The standard InChI is InChI=1S/C10H17N5O/c11-9-2-1-5-14(8-9)10(16)3-6-15-7-4-12-13-15/h4,7,9H,1-3,5-6,8,11H2/t9-/m1/s1. The molecule has 0 aromatic carbocycles. The predicted molar refractivity (Wildman–Crippen MR) is 58.4 cm³/mol. The summed E-state index contributed by atoms with van der Waals surface area (Å²) in [7, 11) is 0. The van der Waals surface area contributed by atoms with E-state index in [-0.39, 0.29) is 11.9 Å². The number of nitrogens with zero attached hydrogens (tertiary/aromatic N) is 4. The molecule has 6 nitrogen and oxygen atoms in total. The van der Waals surface area contributed by atoms with E-state index < -0.39 is 0 Å². The number of aryl methyl sites for hydroxylation is 1. The van der Waals surface area contributed by atoms with Gasteiger partial charge in [-0.2, -0.15) is 0 Å². The lowest BCUT2D eigenvalue weighted by Gasteiger charge is -2.30. The topological polar surface area (TPSA) is 77.0 Å². The summed E-state index contributed by atoms with van der Waals surface area (Å²) in [5, 5.41) is 7.51. The Hall–Kier alpha value is -1.43. The first-order valence-electron chi connectivity index (χ1n) is 5.63. The molecular formula is C10H17N5O. The number of piperidine rings is 1. The first kappa shape index (κ1) is 11.1. The van der Waals surface area contributed by atoms with Crippen LogP contribution in [0.4, 0.5) is 0 Å². The number of likely N-dealkylation sites (tertiary alicyclic amines) is 1. The molecule has 1 aromatic rings. The van der Waals surface area contributed by atoms with E-state index in [4.69, 9.17) is 5.73 Å². The molecule has 2 heterocycles. The number of aromatic nitrogens is 3. The molecule has 0 bridgehead atoms. The number of rotatable bonds is 3. The van der Waals surface area contributed by atoms with E-state index in [9.17, 15) is 4.79 Å². The molecule has 6 heteroatoms. The Morgan fingerprint density at radius 1 is 1.56 bits per heavy atom. The number of hydrogen-bond acceptors (Lipinski definition) is 4. The summed E-state index contributed by atoms with van der Waals surface area (Å²) in [6.45, 7) is 2.12. The average Bonchev–Trinajstić information content (AvgIpc) is 2.78. The Balaban J connectivity index is 1.79. The first-order valence-corrected chi connectivity index (χ1v) is 5.63. The molecule has 0 unspecified atom stereocenters. The van der Waals surface area contributed by atoms with Gasteiger partial charge in [0.05, 0.1) is 12.7 Å².